The Bertz CT molecular complexity index is 826. The molecule has 9 heteroatoms. The van der Waals surface area contributed by atoms with Gasteiger partial charge in [0.2, 0.25) is 0 Å². The third-order valence-electron chi connectivity index (χ3n) is 5.60. The van der Waals surface area contributed by atoms with Crippen molar-refractivity contribution in [2.45, 2.75) is 38.1 Å². The maximum absolute atomic E-state index is 12.3. The number of hydrogen-bond donors (Lipinski definition) is 0. The smallest absolute Gasteiger partial charge is 0.406 e. The average Bonchev–Trinajstić information content (AvgIpc) is 3.05. The third kappa shape index (κ3) is 5.33. The molecule has 1 aliphatic carbocycles. The minimum atomic E-state index is -4.69. The van der Waals surface area contributed by atoms with E-state index >= 15 is 0 Å². The van der Waals surface area contributed by atoms with Crippen molar-refractivity contribution in [2.24, 2.45) is 0 Å². The van der Waals surface area contributed by atoms with Gasteiger partial charge in [0, 0.05) is 31.2 Å². The van der Waals surface area contributed by atoms with Crippen molar-refractivity contribution in [2.75, 3.05) is 39.5 Å². The molecule has 0 unspecified atom stereocenters. The number of hydrogen-bond acceptors (Lipinski definition) is 5. The normalized spacial score (nSPS) is 22.7. The van der Waals surface area contributed by atoms with Crippen LogP contribution in [0.5, 0.6) is 5.75 Å². The molecule has 0 amide bonds. The van der Waals surface area contributed by atoms with E-state index in [2.05, 4.69) is 14.7 Å². The van der Waals surface area contributed by atoms with Gasteiger partial charge in [0.25, 0.3) is 0 Å². The number of rotatable bonds is 7. The van der Waals surface area contributed by atoms with Crippen LogP contribution >= 0.6 is 0 Å². The maximum atomic E-state index is 12.3. The number of morpholine rings is 1. The van der Waals surface area contributed by atoms with Gasteiger partial charge in [-0.2, -0.15) is 5.10 Å². The molecule has 0 N–H and O–H groups in total. The fraction of sp³-hybridized carbons (Fsp3) is 0.571. The van der Waals surface area contributed by atoms with Gasteiger partial charge in [0.15, 0.2) is 0 Å². The number of aromatic nitrogens is 2. The Kier molecular flexibility index (Phi) is 6.31. The van der Waals surface area contributed by atoms with Crippen LogP contribution in [0.3, 0.4) is 0 Å². The van der Waals surface area contributed by atoms with Gasteiger partial charge in [-0.15, -0.1) is 13.2 Å². The van der Waals surface area contributed by atoms with E-state index in [-0.39, 0.29) is 11.9 Å². The number of halogens is 3. The van der Waals surface area contributed by atoms with Crippen molar-refractivity contribution in [1.82, 2.24) is 14.7 Å². The fourth-order valence-electron chi connectivity index (χ4n) is 3.86. The van der Waals surface area contributed by atoms with Gasteiger partial charge < -0.3 is 14.2 Å². The van der Waals surface area contributed by atoms with Gasteiger partial charge in [-0.25, -0.2) is 4.68 Å². The van der Waals surface area contributed by atoms with Gasteiger partial charge in [-0.1, -0.05) is 0 Å². The molecular formula is C21H26F3N3O3. The van der Waals surface area contributed by atoms with E-state index < -0.39 is 6.36 Å². The van der Waals surface area contributed by atoms with Gasteiger partial charge in [0.1, 0.15) is 5.75 Å². The largest absolute Gasteiger partial charge is 0.573 e. The highest BCUT2D eigenvalue weighted by Gasteiger charge is 2.33. The van der Waals surface area contributed by atoms with Crippen LogP contribution < -0.4 is 4.74 Å². The topological polar surface area (TPSA) is 48.8 Å². The van der Waals surface area contributed by atoms with Crippen LogP contribution in [0.4, 0.5) is 13.2 Å². The molecule has 1 saturated heterocycles. The second kappa shape index (κ2) is 8.95. The van der Waals surface area contributed by atoms with Crippen LogP contribution in [0, 0.1) is 6.92 Å². The van der Waals surface area contributed by atoms with Crippen molar-refractivity contribution in [3.8, 4) is 11.4 Å². The third-order valence-corrected chi connectivity index (χ3v) is 5.60. The minimum Gasteiger partial charge on any atom is -0.406 e. The molecule has 30 heavy (non-hydrogen) atoms. The van der Waals surface area contributed by atoms with E-state index in [0.717, 1.165) is 63.7 Å². The number of aryl methyl sites for hydroxylation is 1. The number of nitrogens with zero attached hydrogens (tertiary/aromatic N) is 3. The lowest BCUT2D eigenvalue weighted by atomic mass is 9.80. The molecule has 0 bridgehead atoms. The van der Waals surface area contributed by atoms with Crippen molar-refractivity contribution in [3.05, 3.63) is 41.7 Å². The van der Waals surface area contributed by atoms with Crippen LogP contribution in [0.15, 0.2) is 30.3 Å². The molecule has 2 heterocycles. The molecule has 1 aromatic heterocycles. The second-order valence-electron chi connectivity index (χ2n) is 7.78. The summed E-state index contributed by atoms with van der Waals surface area (Å²) in [5.41, 5.74) is 2.63. The minimum absolute atomic E-state index is 0.243. The standard InChI is InChI=1S/C21H26F3N3O3/c1-15-12-20(16-13-19(14-16)29-11-8-26-6-9-28-10-7-26)25-27(15)17-2-4-18(5-3-17)30-21(22,23)24/h2-5,12,16,19H,6-11,13-14H2,1H3. The highest BCUT2D eigenvalue weighted by atomic mass is 19.4. The number of alkyl halides is 3. The first kappa shape index (κ1) is 21.1. The molecule has 2 aromatic rings. The van der Waals surface area contributed by atoms with E-state index in [0.29, 0.717) is 11.6 Å². The Hall–Kier alpha value is -2.10. The Labute approximate surface area is 173 Å². The molecule has 1 aliphatic heterocycles. The molecule has 2 fully saturated rings. The van der Waals surface area contributed by atoms with Gasteiger partial charge in [-0.3, -0.25) is 4.90 Å². The lowest BCUT2D eigenvalue weighted by molar-refractivity contribution is -0.274. The molecule has 4 rings (SSSR count). The molecule has 0 spiro atoms. The molecule has 2 aliphatic rings. The summed E-state index contributed by atoms with van der Waals surface area (Å²) in [6.45, 7) is 7.14. The Balaban J connectivity index is 1.27. The summed E-state index contributed by atoms with van der Waals surface area (Å²) < 4.78 is 53.9. The van der Waals surface area contributed by atoms with E-state index in [1.165, 1.54) is 12.1 Å². The van der Waals surface area contributed by atoms with E-state index in [4.69, 9.17) is 9.47 Å². The summed E-state index contributed by atoms with van der Waals surface area (Å²) in [5, 5.41) is 4.67. The molecule has 0 radical (unpaired) electrons. The lowest BCUT2D eigenvalue weighted by Gasteiger charge is -2.35. The Morgan fingerprint density at radius 2 is 1.83 bits per heavy atom. The van der Waals surface area contributed by atoms with Gasteiger partial charge >= 0.3 is 6.36 Å². The highest BCUT2D eigenvalue weighted by Crippen LogP contribution is 2.38. The lowest BCUT2D eigenvalue weighted by Crippen LogP contribution is -2.39. The summed E-state index contributed by atoms with van der Waals surface area (Å²) in [4.78, 5) is 2.36. The number of benzene rings is 1. The zero-order valence-electron chi connectivity index (χ0n) is 16.9. The van der Waals surface area contributed by atoms with Gasteiger partial charge in [-0.05, 0) is 50.1 Å². The SMILES string of the molecule is Cc1cc(C2CC(OCCN3CCOCC3)C2)nn1-c1ccc(OC(F)(F)F)cc1. The van der Waals surface area contributed by atoms with Crippen LogP contribution in [0.2, 0.25) is 0 Å². The monoisotopic (exact) mass is 425 g/mol. The summed E-state index contributed by atoms with van der Waals surface area (Å²) >= 11 is 0. The van der Waals surface area contributed by atoms with Crippen molar-refractivity contribution in [1.29, 1.82) is 0 Å². The Morgan fingerprint density at radius 3 is 2.50 bits per heavy atom. The van der Waals surface area contributed by atoms with Crippen molar-refractivity contribution >= 4 is 0 Å². The molecule has 1 aromatic carbocycles. The first-order chi connectivity index (χ1) is 14.4. The summed E-state index contributed by atoms with van der Waals surface area (Å²) in [5.74, 6) is 0.110. The van der Waals surface area contributed by atoms with Crippen LogP contribution in [-0.2, 0) is 9.47 Å². The van der Waals surface area contributed by atoms with Crippen molar-refractivity contribution in [3.63, 3.8) is 0 Å². The fourth-order valence-corrected chi connectivity index (χ4v) is 3.86. The zero-order valence-corrected chi connectivity index (χ0v) is 16.9. The van der Waals surface area contributed by atoms with E-state index in [1.807, 2.05) is 13.0 Å². The summed E-state index contributed by atoms with van der Waals surface area (Å²) in [6, 6.07) is 7.78. The quantitative estimate of drug-likeness (QED) is 0.678. The van der Waals surface area contributed by atoms with Crippen LogP contribution in [-0.4, -0.2) is 66.6 Å². The van der Waals surface area contributed by atoms with Crippen LogP contribution in [0.25, 0.3) is 5.69 Å². The zero-order chi connectivity index (χ0) is 21.1. The maximum Gasteiger partial charge on any atom is 0.573 e. The van der Waals surface area contributed by atoms with Gasteiger partial charge in [0.05, 0.1) is 37.3 Å². The first-order valence-electron chi connectivity index (χ1n) is 10.2. The second-order valence-corrected chi connectivity index (χ2v) is 7.78. The van der Waals surface area contributed by atoms with E-state index in [1.54, 1.807) is 16.8 Å². The first-order valence-corrected chi connectivity index (χ1v) is 10.2. The molecule has 0 atom stereocenters. The van der Waals surface area contributed by atoms with E-state index in [9.17, 15) is 13.2 Å². The Morgan fingerprint density at radius 1 is 1.13 bits per heavy atom. The summed E-state index contributed by atoms with van der Waals surface area (Å²) in [7, 11) is 0. The molecule has 6 nitrogen and oxygen atoms in total. The molecular weight excluding hydrogens is 399 g/mol. The molecule has 164 valence electrons. The number of ether oxygens (including phenoxy) is 3. The predicted octanol–water partition coefficient (Wildman–Crippen LogP) is 3.67. The molecule has 1 saturated carbocycles. The van der Waals surface area contributed by atoms with Crippen molar-refractivity contribution < 1.29 is 27.4 Å². The highest BCUT2D eigenvalue weighted by molar-refractivity contribution is 5.38. The van der Waals surface area contributed by atoms with Crippen LogP contribution in [0.1, 0.15) is 30.1 Å². The average molecular weight is 425 g/mol. The summed E-state index contributed by atoms with van der Waals surface area (Å²) in [6.07, 6.45) is -2.54. The predicted molar refractivity (Wildman–Crippen MR) is 104 cm³/mol.